The molecular formula is C19H19F6NO2. The van der Waals surface area contributed by atoms with Gasteiger partial charge in [-0.3, -0.25) is 0 Å². The van der Waals surface area contributed by atoms with Gasteiger partial charge in [-0.25, -0.2) is 0 Å². The predicted octanol–water partition coefficient (Wildman–Crippen LogP) is 4.48. The molecule has 9 heteroatoms. The van der Waals surface area contributed by atoms with Gasteiger partial charge >= 0.3 is 12.4 Å². The van der Waals surface area contributed by atoms with Crippen LogP contribution in [-0.2, 0) is 29.3 Å². The SMILES string of the molecule is NCC[C@](O)(COCc1cc(C(F)(F)F)cc(C(F)(F)F)c1)c1ccccc1. The molecule has 154 valence electrons. The molecule has 0 aliphatic carbocycles. The van der Waals surface area contributed by atoms with Crippen molar-refractivity contribution in [1.29, 1.82) is 0 Å². The van der Waals surface area contributed by atoms with Crippen LogP contribution in [0.25, 0.3) is 0 Å². The molecule has 0 saturated heterocycles. The summed E-state index contributed by atoms with van der Waals surface area (Å²) in [5.41, 5.74) is 1.35. The topological polar surface area (TPSA) is 55.5 Å². The lowest BCUT2D eigenvalue weighted by Gasteiger charge is -2.28. The molecule has 2 aromatic rings. The molecule has 0 saturated carbocycles. The molecule has 0 heterocycles. The van der Waals surface area contributed by atoms with Gasteiger partial charge in [0.25, 0.3) is 0 Å². The minimum atomic E-state index is -4.93. The van der Waals surface area contributed by atoms with Crippen LogP contribution in [0.15, 0.2) is 48.5 Å². The monoisotopic (exact) mass is 407 g/mol. The van der Waals surface area contributed by atoms with E-state index < -0.39 is 35.7 Å². The van der Waals surface area contributed by atoms with E-state index in [9.17, 15) is 31.4 Å². The summed E-state index contributed by atoms with van der Waals surface area (Å²) in [6.45, 7) is -0.769. The van der Waals surface area contributed by atoms with Gasteiger partial charge in [0, 0.05) is 0 Å². The molecule has 1 atom stereocenters. The highest BCUT2D eigenvalue weighted by molar-refractivity contribution is 5.33. The maximum Gasteiger partial charge on any atom is 0.416 e. The average molecular weight is 407 g/mol. The number of ether oxygens (including phenoxy) is 1. The van der Waals surface area contributed by atoms with Gasteiger partial charge < -0.3 is 15.6 Å². The van der Waals surface area contributed by atoms with Crippen LogP contribution < -0.4 is 5.73 Å². The van der Waals surface area contributed by atoms with E-state index in [4.69, 9.17) is 10.5 Å². The van der Waals surface area contributed by atoms with Gasteiger partial charge in [-0.15, -0.1) is 0 Å². The second-order valence-electron chi connectivity index (χ2n) is 6.34. The van der Waals surface area contributed by atoms with E-state index >= 15 is 0 Å². The first-order valence-corrected chi connectivity index (χ1v) is 8.30. The standard InChI is InChI=1S/C19H19F6NO2/c20-18(21,22)15-8-13(9-16(10-15)19(23,24)25)11-28-12-17(27,6-7-26)14-4-2-1-3-5-14/h1-5,8-10,27H,6-7,11-12,26H2/t17-/m0/s1. The highest BCUT2D eigenvalue weighted by Gasteiger charge is 2.37. The quantitative estimate of drug-likeness (QED) is 0.666. The van der Waals surface area contributed by atoms with Crippen LogP contribution in [0.3, 0.4) is 0 Å². The van der Waals surface area contributed by atoms with Crippen molar-refractivity contribution in [3.63, 3.8) is 0 Å². The summed E-state index contributed by atoms with van der Waals surface area (Å²) in [6, 6.07) is 9.60. The number of alkyl halides is 6. The largest absolute Gasteiger partial charge is 0.416 e. The van der Waals surface area contributed by atoms with E-state index in [0.717, 1.165) is 0 Å². The average Bonchev–Trinajstić information content (AvgIpc) is 2.61. The minimum absolute atomic E-state index is 0.0538. The molecule has 0 aromatic heterocycles. The molecule has 0 aliphatic heterocycles. The Labute approximate surface area is 157 Å². The summed E-state index contributed by atoms with van der Waals surface area (Å²) in [5, 5.41) is 10.8. The van der Waals surface area contributed by atoms with Crippen molar-refractivity contribution in [3.05, 3.63) is 70.8 Å². The van der Waals surface area contributed by atoms with Gasteiger partial charge in [-0.2, -0.15) is 26.3 Å². The van der Waals surface area contributed by atoms with E-state index in [1.807, 2.05) is 0 Å². The molecular weight excluding hydrogens is 388 g/mol. The van der Waals surface area contributed by atoms with Crippen LogP contribution in [0.5, 0.6) is 0 Å². The van der Waals surface area contributed by atoms with Gasteiger partial charge in [-0.1, -0.05) is 30.3 Å². The molecule has 0 spiro atoms. The van der Waals surface area contributed by atoms with Crippen molar-refractivity contribution in [2.75, 3.05) is 13.2 Å². The Hall–Kier alpha value is -2.10. The third-order valence-corrected chi connectivity index (χ3v) is 4.13. The van der Waals surface area contributed by atoms with E-state index in [0.29, 0.717) is 17.7 Å². The summed E-state index contributed by atoms with van der Waals surface area (Å²) in [6.07, 6.45) is -9.76. The highest BCUT2D eigenvalue weighted by atomic mass is 19.4. The fourth-order valence-corrected chi connectivity index (χ4v) is 2.73. The van der Waals surface area contributed by atoms with Crippen molar-refractivity contribution in [2.24, 2.45) is 5.73 Å². The molecule has 2 aromatic carbocycles. The lowest BCUT2D eigenvalue weighted by atomic mass is 9.91. The smallest absolute Gasteiger partial charge is 0.383 e. The van der Waals surface area contributed by atoms with Gasteiger partial charge in [0.05, 0.1) is 24.3 Å². The first kappa shape index (κ1) is 22.2. The third kappa shape index (κ3) is 5.70. The van der Waals surface area contributed by atoms with Crippen LogP contribution in [0.2, 0.25) is 0 Å². The van der Waals surface area contributed by atoms with E-state index in [1.54, 1.807) is 30.3 Å². The number of nitrogens with two attached hydrogens (primary N) is 1. The van der Waals surface area contributed by atoms with Crippen LogP contribution in [-0.4, -0.2) is 18.3 Å². The van der Waals surface area contributed by atoms with Gasteiger partial charge in [0.2, 0.25) is 0 Å². The van der Waals surface area contributed by atoms with Crippen LogP contribution in [0, 0.1) is 0 Å². The van der Waals surface area contributed by atoms with Crippen molar-refractivity contribution < 1.29 is 36.2 Å². The molecule has 0 amide bonds. The first-order valence-electron chi connectivity index (χ1n) is 8.30. The maximum absolute atomic E-state index is 12.9. The Morgan fingerprint density at radius 1 is 0.821 bits per heavy atom. The lowest BCUT2D eigenvalue weighted by Crippen LogP contribution is -2.34. The molecule has 28 heavy (non-hydrogen) atoms. The Kier molecular flexibility index (Phi) is 6.74. The third-order valence-electron chi connectivity index (χ3n) is 4.13. The molecule has 3 nitrogen and oxygen atoms in total. The van der Waals surface area contributed by atoms with E-state index in [-0.39, 0.29) is 31.2 Å². The second kappa shape index (κ2) is 8.50. The van der Waals surface area contributed by atoms with Crippen molar-refractivity contribution in [3.8, 4) is 0 Å². The molecule has 3 N–H and O–H groups in total. The Balaban J connectivity index is 2.21. The summed E-state index contributed by atoms with van der Waals surface area (Å²) < 4.78 is 82.7. The zero-order valence-electron chi connectivity index (χ0n) is 14.6. The molecule has 0 fully saturated rings. The summed E-state index contributed by atoms with van der Waals surface area (Å²) in [5.74, 6) is 0. The van der Waals surface area contributed by atoms with Gasteiger partial charge in [-0.05, 0) is 42.3 Å². The van der Waals surface area contributed by atoms with Crippen molar-refractivity contribution in [1.82, 2.24) is 0 Å². The zero-order valence-corrected chi connectivity index (χ0v) is 14.6. The molecule has 0 aliphatic rings. The second-order valence-corrected chi connectivity index (χ2v) is 6.34. The van der Waals surface area contributed by atoms with Crippen LogP contribution in [0.4, 0.5) is 26.3 Å². The van der Waals surface area contributed by atoms with Crippen molar-refractivity contribution >= 4 is 0 Å². The summed E-state index contributed by atoms with van der Waals surface area (Å²) >= 11 is 0. The Bertz CT molecular complexity index is 744. The lowest BCUT2D eigenvalue weighted by molar-refractivity contribution is -0.143. The van der Waals surface area contributed by atoms with Gasteiger partial charge in [0.15, 0.2) is 0 Å². The number of aliphatic hydroxyl groups is 1. The fourth-order valence-electron chi connectivity index (χ4n) is 2.73. The number of hydrogen-bond donors (Lipinski definition) is 2. The van der Waals surface area contributed by atoms with Gasteiger partial charge in [0.1, 0.15) is 5.60 Å². The Morgan fingerprint density at radius 3 is 1.82 bits per heavy atom. The van der Waals surface area contributed by atoms with Crippen LogP contribution in [0.1, 0.15) is 28.7 Å². The number of hydrogen-bond acceptors (Lipinski definition) is 3. The molecule has 0 radical (unpaired) electrons. The Morgan fingerprint density at radius 2 is 1.36 bits per heavy atom. The normalized spacial score (nSPS) is 14.7. The number of benzene rings is 2. The highest BCUT2D eigenvalue weighted by Crippen LogP contribution is 2.36. The maximum atomic E-state index is 12.9. The van der Waals surface area contributed by atoms with Crippen molar-refractivity contribution in [2.45, 2.75) is 31.0 Å². The number of halogens is 6. The van der Waals surface area contributed by atoms with Crippen LogP contribution >= 0.6 is 0 Å². The molecule has 0 bridgehead atoms. The number of rotatable bonds is 7. The molecule has 2 rings (SSSR count). The van der Waals surface area contributed by atoms with E-state index in [1.165, 1.54) is 0 Å². The summed E-state index contributed by atoms with van der Waals surface area (Å²) in [4.78, 5) is 0. The first-order chi connectivity index (χ1) is 13.0. The molecule has 0 unspecified atom stereocenters. The minimum Gasteiger partial charge on any atom is -0.383 e. The zero-order chi connectivity index (χ0) is 21.0. The predicted molar refractivity (Wildman–Crippen MR) is 90.1 cm³/mol. The fraction of sp³-hybridized carbons (Fsp3) is 0.368. The summed E-state index contributed by atoms with van der Waals surface area (Å²) in [7, 11) is 0. The van der Waals surface area contributed by atoms with E-state index in [2.05, 4.69) is 0 Å².